The number of amides is 4. The van der Waals surface area contributed by atoms with Gasteiger partial charge in [-0.2, -0.15) is 4.57 Å². The largest absolute Gasteiger partial charge is 0.508 e. The molecule has 3 aliphatic heterocycles. The first-order valence-electron chi connectivity index (χ1n) is 14.7. The fourth-order valence-electron chi connectivity index (χ4n) is 5.60. The summed E-state index contributed by atoms with van der Waals surface area (Å²) in [6, 6.07) is 8.76. The molecule has 2 aromatic heterocycles. The molecule has 3 aliphatic rings. The van der Waals surface area contributed by atoms with E-state index in [1.807, 2.05) is 0 Å². The number of carbonyl (C=O) groups is 5. The average molecular weight is 706 g/mol. The fraction of sp³-hybridized carbons (Fsp3) is 0.226. The number of likely N-dealkylation sites (tertiary alicyclic amines) is 1. The third kappa shape index (κ3) is 6.95. The van der Waals surface area contributed by atoms with Crippen molar-refractivity contribution in [2.75, 3.05) is 23.3 Å². The number of aliphatic carboxylic acids is 1. The van der Waals surface area contributed by atoms with Crippen LogP contribution in [0.15, 0.2) is 82.2 Å². The van der Waals surface area contributed by atoms with Gasteiger partial charge in [-0.3, -0.25) is 24.1 Å². The number of anilines is 2. The van der Waals surface area contributed by atoms with E-state index in [0.717, 1.165) is 21.8 Å². The Hall–Kier alpha value is -5.75. The molecule has 2 fully saturated rings. The molecular weight excluding hydrogens is 677 g/mol. The number of allylic oxidation sites excluding steroid dienone is 1. The van der Waals surface area contributed by atoms with Gasteiger partial charge >= 0.3 is 5.97 Å². The summed E-state index contributed by atoms with van der Waals surface area (Å²) >= 11 is 2.27. The highest BCUT2D eigenvalue weighted by atomic mass is 32.2. The summed E-state index contributed by atoms with van der Waals surface area (Å²) in [7, 11) is 0. The van der Waals surface area contributed by atoms with Crippen LogP contribution in [0.5, 0.6) is 5.75 Å². The Balaban J connectivity index is 1.08. The van der Waals surface area contributed by atoms with Crippen molar-refractivity contribution in [1.29, 1.82) is 0 Å². The molecule has 2 atom stereocenters. The smallest absolute Gasteiger partial charge is 0.352 e. The molecule has 0 aliphatic carbocycles. The summed E-state index contributed by atoms with van der Waals surface area (Å²) in [5.74, 6) is -3.21. The number of fused-ring (bicyclic) bond motifs is 1. The number of aromatic nitrogens is 2. The molecular formula is C31H29N8O8S2+. The van der Waals surface area contributed by atoms with Gasteiger partial charge in [-0.15, -0.1) is 23.1 Å². The van der Waals surface area contributed by atoms with Crippen molar-refractivity contribution < 1.29 is 44.0 Å². The maximum absolute atomic E-state index is 13.3. The zero-order valence-electron chi connectivity index (χ0n) is 25.5. The molecule has 5 heterocycles. The Bertz CT molecular complexity index is 1960. The molecule has 0 bridgehead atoms. The summed E-state index contributed by atoms with van der Waals surface area (Å²) in [5.41, 5.74) is 6.94. The predicted octanol–water partition coefficient (Wildman–Crippen LogP) is 0.633. The van der Waals surface area contributed by atoms with Crippen LogP contribution < -0.4 is 20.9 Å². The van der Waals surface area contributed by atoms with Crippen LogP contribution in [0.25, 0.3) is 0 Å². The van der Waals surface area contributed by atoms with Gasteiger partial charge in [0.25, 0.3) is 17.7 Å². The number of oxime groups is 1. The highest BCUT2D eigenvalue weighted by Crippen LogP contribution is 2.41. The van der Waals surface area contributed by atoms with Gasteiger partial charge in [0, 0.05) is 53.7 Å². The van der Waals surface area contributed by atoms with E-state index in [1.165, 1.54) is 35.4 Å². The van der Waals surface area contributed by atoms with E-state index in [1.54, 1.807) is 46.1 Å². The van der Waals surface area contributed by atoms with Crippen LogP contribution in [0, 0.1) is 0 Å². The van der Waals surface area contributed by atoms with Crippen molar-refractivity contribution in [3.63, 3.8) is 0 Å². The highest BCUT2D eigenvalue weighted by Gasteiger charge is 2.54. The van der Waals surface area contributed by atoms with Crippen molar-refractivity contribution in [2.45, 2.75) is 30.9 Å². The molecule has 0 radical (unpaired) electrons. The Morgan fingerprint density at radius 2 is 1.96 bits per heavy atom. The number of benzene rings is 1. The molecule has 0 spiro atoms. The maximum atomic E-state index is 13.3. The number of β-lactam (4-membered cyclic amide) rings is 1. The van der Waals surface area contributed by atoms with Crippen LogP contribution in [0.3, 0.4) is 0 Å². The molecule has 1 aromatic carbocycles. The first kappa shape index (κ1) is 33.2. The zero-order valence-corrected chi connectivity index (χ0v) is 27.1. The number of rotatable bonds is 10. The van der Waals surface area contributed by atoms with E-state index >= 15 is 0 Å². The number of aromatic hydroxyl groups is 1. The summed E-state index contributed by atoms with van der Waals surface area (Å²) in [4.78, 5) is 70.6. The first-order valence-corrected chi connectivity index (χ1v) is 16.7. The Labute approximate surface area is 286 Å². The number of hydrogen-bond acceptors (Lipinski definition) is 12. The highest BCUT2D eigenvalue weighted by molar-refractivity contribution is 8.00. The normalized spacial score (nSPS) is 19.9. The van der Waals surface area contributed by atoms with E-state index in [4.69, 9.17) is 5.73 Å². The van der Waals surface area contributed by atoms with Gasteiger partial charge in [0.15, 0.2) is 23.2 Å². The number of nitrogen functional groups attached to an aromatic ring is 1. The zero-order chi connectivity index (χ0) is 34.8. The third-order valence-corrected chi connectivity index (χ3v) is 9.89. The molecule has 7 N–H and O–H groups in total. The second kappa shape index (κ2) is 13.8. The quantitative estimate of drug-likeness (QED) is 0.0428. The Kier molecular flexibility index (Phi) is 9.32. The van der Waals surface area contributed by atoms with Gasteiger partial charge in [-0.1, -0.05) is 11.2 Å². The second-order valence-corrected chi connectivity index (χ2v) is 13.2. The second-order valence-electron chi connectivity index (χ2n) is 11.2. The van der Waals surface area contributed by atoms with Gasteiger partial charge in [0.1, 0.15) is 28.6 Å². The monoisotopic (exact) mass is 705 g/mol. The molecule has 6 rings (SSSR count). The van der Waals surface area contributed by atoms with E-state index < -0.39 is 34.9 Å². The summed E-state index contributed by atoms with van der Waals surface area (Å²) in [5, 5.41) is 38.0. The molecule has 16 nitrogen and oxygen atoms in total. The average Bonchev–Trinajstić information content (AvgIpc) is 3.65. The van der Waals surface area contributed by atoms with E-state index in [-0.39, 0.29) is 46.4 Å². The molecule has 0 saturated carbocycles. The van der Waals surface area contributed by atoms with Gasteiger partial charge < -0.3 is 36.7 Å². The van der Waals surface area contributed by atoms with Crippen molar-refractivity contribution >= 4 is 69.2 Å². The summed E-state index contributed by atoms with van der Waals surface area (Å²) < 4.78 is 1.68. The SMILES string of the molecule is Nc1nc(/C(=N/O)C(=O)N[C@@H]2C(=O)N3C(C(=O)O)=C(/C=C4\CCN(Cc5cc[n+](CC(=O)Nc6cccc(O)c6)cc5)C4=O)CS[C@H]23)cs1. The number of nitrogens with zero attached hydrogens (tertiary/aromatic N) is 5. The number of nitrogens with two attached hydrogens (primary N) is 1. The molecule has 49 heavy (non-hydrogen) atoms. The molecule has 252 valence electrons. The Morgan fingerprint density at radius 3 is 2.63 bits per heavy atom. The minimum absolute atomic E-state index is 0.0281. The number of pyridine rings is 1. The summed E-state index contributed by atoms with van der Waals surface area (Å²) in [6.45, 7) is 0.748. The van der Waals surface area contributed by atoms with E-state index in [9.17, 15) is 39.4 Å². The van der Waals surface area contributed by atoms with Gasteiger partial charge in [-0.05, 0) is 35.8 Å². The van der Waals surface area contributed by atoms with E-state index in [0.29, 0.717) is 36.3 Å². The van der Waals surface area contributed by atoms with Crippen LogP contribution in [0.4, 0.5) is 10.8 Å². The number of thioether (sulfide) groups is 1. The van der Waals surface area contributed by atoms with E-state index in [2.05, 4.69) is 20.8 Å². The number of carboxylic acid groups (broad SMARTS) is 1. The molecule has 3 aromatic rings. The summed E-state index contributed by atoms with van der Waals surface area (Å²) in [6.07, 6.45) is 5.35. The number of phenolic OH excluding ortho intramolecular Hbond substituents is 1. The predicted molar refractivity (Wildman–Crippen MR) is 176 cm³/mol. The molecule has 0 unspecified atom stereocenters. The standard InChI is InChI=1S/C31H28N8O8S2/c32-31-34-21(15-49-31)23(36-47)26(42)35-24-28(44)39-25(30(45)46)18(14-48-29(24)39)10-17-6-9-38(27(17)43)12-16-4-7-37(8-5-16)13-22(41)33-19-2-1-3-20(40)11-19/h1-5,7-8,10-11,15,24,29H,6,9,12-14H2,(H6-,32,33,34,35,40,41,42,45,46,47)/p+1/b17-10+/t24-,29-/m1/s1. The topological polar surface area (TPSA) is 232 Å². The lowest BCUT2D eigenvalue weighted by atomic mass is 10.0. The molecule has 4 amide bonds. The Morgan fingerprint density at radius 1 is 1.18 bits per heavy atom. The minimum Gasteiger partial charge on any atom is -0.508 e. The molecule has 18 heteroatoms. The van der Waals surface area contributed by atoms with Crippen LogP contribution in [0.1, 0.15) is 17.7 Å². The van der Waals surface area contributed by atoms with Crippen LogP contribution in [0.2, 0.25) is 0 Å². The van der Waals surface area contributed by atoms with Crippen LogP contribution in [-0.4, -0.2) is 89.2 Å². The van der Waals surface area contributed by atoms with Crippen LogP contribution >= 0.6 is 23.1 Å². The number of thiazole rings is 1. The van der Waals surface area contributed by atoms with Crippen molar-refractivity contribution in [1.82, 2.24) is 20.1 Å². The number of hydrogen-bond donors (Lipinski definition) is 6. The lowest BCUT2D eigenvalue weighted by Gasteiger charge is -2.49. The van der Waals surface area contributed by atoms with Gasteiger partial charge in [0.2, 0.25) is 12.5 Å². The maximum Gasteiger partial charge on any atom is 0.352 e. The lowest BCUT2D eigenvalue weighted by Crippen LogP contribution is -2.71. The number of carbonyl (C=O) groups excluding carboxylic acids is 4. The van der Waals surface area contributed by atoms with Crippen molar-refractivity contribution in [3.8, 4) is 5.75 Å². The fourth-order valence-corrected chi connectivity index (χ4v) is 7.46. The third-order valence-electron chi connectivity index (χ3n) is 7.92. The number of nitrogens with one attached hydrogen (secondary N) is 2. The van der Waals surface area contributed by atoms with Crippen LogP contribution in [-0.2, 0) is 37.1 Å². The first-order chi connectivity index (χ1) is 23.5. The molecule has 2 saturated heterocycles. The number of carboxylic acids is 1. The minimum atomic E-state index is -1.35. The van der Waals surface area contributed by atoms with Gasteiger partial charge in [0.05, 0.1) is 0 Å². The van der Waals surface area contributed by atoms with Gasteiger partial charge in [-0.25, -0.2) is 9.78 Å². The lowest BCUT2D eigenvalue weighted by molar-refractivity contribution is -0.684. The van der Waals surface area contributed by atoms with Crippen molar-refractivity contribution in [2.24, 2.45) is 5.16 Å². The number of phenols is 1. The van der Waals surface area contributed by atoms with Crippen molar-refractivity contribution in [3.05, 3.63) is 88.3 Å².